The van der Waals surface area contributed by atoms with Crippen LogP contribution in [0.1, 0.15) is 44.6 Å². The molecule has 1 N–H and O–H groups in total. The van der Waals surface area contributed by atoms with Crippen LogP contribution in [-0.2, 0) is 14.3 Å². The Morgan fingerprint density at radius 1 is 1.21 bits per heavy atom. The smallest absolute Gasteiger partial charge is 0.331 e. The van der Waals surface area contributed by atoms with E-state index in [4.69, 9.17) is 14.2 Å². The number of benzene rings is 1. The van der Waals surface area contributed by atoms with E-state index in [0.717, 1.165) is 24.8 Å². The molecule has 1 aromatic rings. The van der Waals surface area contributed by atoms with Gasteiger partial charge in [-0.15, -0.1) is 0 Å². The molecule has 0 saturated heterocycles. The van der Waals surface area contributed by atoms with Crippen molar-refractivity contribution in [2.45, 2.75) is 45.1 Å². The molecule has 1 amide bonds. The fourth-order valence-corrected chi connectivity index (χ4v) is 3.22. The minimum atomic E-state index is -0.835. The average molecular weight is 385 g/mol. The molecule has 1 aromatic carbocycles. The zero-order valence-electron chi connectivity index (χ0n) is 16.2. The van der Waals surface area contributed by atoms with Crippen molar-refractivity contribution >= 4 is 18.0 Å². The average Bonchev–Trinajstić information content (AvgIpc) is 2.72. The molecule has 0 unspecified atom stereocenters. The Bertz CT molecular complexity index is 768. The van der Waals surface area contributed by atoms with Gasteiger partial charge < -0.3 is 19.5 Å². The third-order valence-electron chi connectivity index (χ3n) is 4.77. The molecule has 1 aliphatic heterocycles. The number of nitrogens with one attached hydrogen (secondary N) is 1. The number of rotatable bonds is 7. The summed E-state index contributed by atoms with van der Waals surface area (Å²) in [5.74, 6) is 0.507. The largest absolute Gasteiger partial charge is 0.486 e. The monoisotopic (exact) mass is 385 g/mol. The Balaban J connectivity index is 1.42. The minimum Gasteiger partial charge on any atom is -0.486 e. The molecule has 1 aliphatic carbocycles. The molecular weight excluding hydrogens is 358 g/mol. The number of hydrogen-bond acceptors (Lipinski definition) is 5. The van der Waals surface area contributed by atoms with Crippen molar-refractivity contribution in [2.24, 2.45) is 0 Å². The number of esters is 1. The fraction of sp³-hybridized carbons (Fsp3) is 0.455. The molecule has 1 heterocycles. The predicted octanol–water partition coefficient (Wildman–Crippen LogP) is 3.41. The summed E-state index contributed by atoms with van der Waals surface area (Å²) in [6, 6.07) is 5.43. The molecule has 0 saturated carbocycles. The Morgan fingerprint density at radius 2 is 2.04 bits per heavy atom. The summed E-state index contributed by atoms with van der Waals surface area (Å²) in [4.78, 5) is 24.1. The van der Waals surface area contributed by atoms with Crippen molar-refractivity contribution in [3.05, 3.63) is 41.5 Å². The van der Waals surface area contributed by atoms with Crippen molar-refractivity contribution in [1.82, 2.24) is 5.32 Å². The van der Waals surface area contributed by atoms with E-state index >= 15 is 0 Å². The lowest BCUT2D eigenvalue weighted by atomic mass is 9.97. The molecule has 0 fully saturated rings. The first kappa shape index (κ1) is 20.0. The lowest BCUT2D eigenvalue weighted by Gasteiger charge is -2.18. The summed E-state index contributed by atoms with van der Waals surface area (Å²) in [5.41, 5.74) is 2.19. The van der Waals surface area contributed by atoms with Gasteiger partial charge in [0.1, 0.15) is 13.2 Å². The third-order valence-corrected chi connectivity index (χ3v) is 4.77. The van der Waals surface area contributed by atoms with Gasteiger partial charge >= 0.3 is 5.97 Å². The standard InChI is InChI=1S/C22H27NO5/c1-16(22(25)23-12-11-17-5-3-2-4-6-17)28-21(24)10-8-18-7-9-19-20(15-18)27-14-13-26-19/h5,7-10,15-16H,2-4,6,11-14H2,1H3,(H,23,25)/b10-8+/t16-/m0/s1. The second-order valence-corrected chi connectivity index (χ2v) is 6.96. The molecule has 0 aromatic heterocycles. The van der Waals surface area contributed by atoms with Gasteiger partial charge in [0.05, 0.1) is 0 Å². The van der Waals surface area contributed by atoms with E-state index in [0.29, 0.717) is 31.3 Å². The molecule has 2 aliphatic rings. The lowest BCUT2D eigenvalue weighted by Crippen LogP contribution is -2.36. The van der Waals surface area contributed by atoms with Crippen LogP contribution in [0, 0.1) is 0 Å². The highest BCUT2D eigenvalue weighted by atomic mass is 16.6. The number of hydrogen-bond donors (Lipinski definition) is 1. The van der Waals surface area contributed by atoms with E-state index < -0.39 is 12.1 Å². The molecular formula is C22H27NO5. The van der Waals surface area contributed by atoms with Gasteiger partial charge in [-0.25, -0.2) is 4.79 Å². The summed E-state index contributed by atoms with van der Waals surface area (Å²) in [6.07, 6.45) is 9.95. The first-order valence-electron chi connectivity index (χ1n) is 9.86. The van der Waals surface area contributed by atoms with Crippen LogP contribution in [0.3, 0.4) is 0 Å². The lowest BCUT2D eigenvalue weighted by molar-refractivity contribution is -0.150. The second-order valence-electron chi connectivity index (χ2n) is 6.96. The van der Waals surface area contributed by atoms with Crippen LogP contribution in [0.4, 0.5) is 0 Å². The van der Waals surface area contributed by atoms with Crippen LogP contribution >= 0.6 is 0 Å². The molecule has 0 spiro atoms. The highest BCUT2D eigenvalue weighted by molar-refractivity contribution is 5.90. The van der Waals surface area contributed by atoms with E-state index in [9.17, 15) is 9.59 Å². The zero-order chi connectivity index (χ0) is 19.8. The number of carbonyl (C=O) groups excluding carboxylic acids is 2. The second kappa shape index (κ2) is 9.97. The number of fused-ring (bicyclic) bond motifs is 1. The number of allylic oxidation sites excluding steroid dienone is 1. The van der Waals surface area contributed by atoms with Crippen LogP contribution in [0.5, 0.6) is 11.5 Å². The first-order chi connectivity index (χ1) is 13.6. The summed E-state index contributed by atoms with van der Waals surface area (Å²) >= 11 is 0. The first-order valence-corrected chi connectivity index (χ1v) is 9.86. The maximum Gasteiger partial charge on any atom is 0.331 e. The Hall–Kier alpha value is -2.76. The van der Waals surface area contributed by atoms with Crippen molar-refractivity contribution in [3.63, 3.8) is 0 Å². The summed E-state index contributed by atoms with van der Waals surface area (Å²) < 4.78 is 16.2. The van der Waals surface area contributed by atoms with Crippen LogP contribution in [-0.4, -0.2) is 37.7 Å². The van der Waals surface area contributed by atoms with Crippen LogP contribution in [0.25, 0.3) is 6.08 Å². The zero-order valence-corrected chi connectivity index (χ0v) is 16.2. The molecule has 6 nitrogen and oxygen atoms in total. The highest BCUT2D eigenvalue weighted by Crippen LogP contribution is 2.31. The van der Waals surface area contributed by atoms with Crippen LogP contribution < -0.4 is 14.8 Å². The molecule has 150 valence electrons. The Morgan fingerprint density at radius 3 is 2.82 bits per heavy atom. The molecule has 3 rings (SSSR count). The molecule has 0 bridgehead atoms. The van der Waals surface area contributed by atoms with E-state index in [1.54, 1.807) is 25.1 Å². The maximum atomic E-state index is 12.1. The fourth-order valence-electron chi connectivity index (χ4n) is 3.22. The SMILES string of the molecule is C[C@H](OC(=O)/C=C/c1ccc2c(c1)OCCO2)C(=O)NCCC1=CCCCC1. The predicted molar refractivity (Wildman–Crippen MR) is 106 cm³/mol. The van der Waals surface area contributed by atoms with E-state index in [-0.39, 0.29) is 5.91 Å². The summed E-state index contributed by atoms with van der Waals surface area (Å²) in [6.45, 7) is 3.18. The van der Waals surface area contributed by atoms with Crippen molar-refractivity contribution in [1.29, 1.82) is 0 Å². The van der Waals surface area contributed by atoms with Crippen LogP contribution in [0.2, 0.25) is 0 Å². The molecule has 1 atom stereocenters. The van der Waals surface area contributed by atoms with Crippen molar-refractivity contribution in [2.75, 3.05) is 19.8 Å². The van der Waals surface area contributed by atoms with Gasteiger partial charge in [-0.3, -0.25) is 4.79 Å². The topological polar surface area (TPSA) is 73.9 Å². The van der Waals surface area contributed by atoms with E-state index in [1.165, 1.54) is 24.5 Å². The number of amides is 1. The summed E-state index contributed by atoms with van der Waals surface area (Å²) in [7, 11) is 0. The number of carbonyl (C=O) groups is 2. The third kappa shape index (κ3) is 5.87. The van der Waals surface area contributed by atoms with Gasteiger partial charge in [0, 0.05) is 12.6 Å². The highest BCUT2D eigenvalue weighted by Gasteiger charge is 2.16. The Labute approximate surface area is 165 Å². The van der Waals surface area contributed by atoms with Gasteiger partial charge in [-0.2, -0.15) is 0 Å². The van der Waals surface area contributed by atoms with Gasteiger partial charge in [-0.1, -0.05) is 17.7 Å². The maximum absolute atomic E-state index is 12.1. The Kier molecular flexibility index (Phi) is 7.12. The molecule has 0 radical (unpaired) electrons. The van der Waals surface area contributed by atoms with E-state index in [2.05, 4.69) is 11.4 Å². The van der Waals surface area contributed by atoms with Crippen molar-refractivity contribution in [3.8, 4) is 11.5 Å². The van der Waals surface area contributed by atoms with Crippen LogP contribution in [0.15, 0.2) is 35.9 Å². The van der Waals surface area contributed by atoms with Gasteiger partial charge in [0.2, 0.25) is 0 Å². The van der Waals surface area contributed by atoms with Gasteiger partial charge in [0.15, 0.2) is 17.6 Å². The molecule has 28 heavy (non-hydrogen) atoms. The quantitative estimate of drug-likeness (QED) is 0.442. The van der Waals surface area contributed by atoms with E-state index in [1.807, 2.05) is 6.07 Å². The minimum absolute atomic E-state index is 0.280. The van der Waals surface area contributed by atoms with Gasteiger partial charge in [0.25, 0.3) is 5.91 Å². The molecule has 6 heteroatoms. The van der Waals surface area contributed by atoms with Gasteiger partial charge in [-0.05, 0) is 62.8 Å². The summed E-state index contributed by atoms with van der Waals surface area (Å²) in [5, 5.41) is 2.83. The number of ether oxygens (including phenoxy) is 3. The van der Waals surface area contributed by atoms with Crippen molar-refractivity contribution < 1.29 is 23.8 Å². The normalized spacial score (nSPS) is 17.0.